The molecule has 0 heterocycles. The lowest BCUT2D eigenvalue weighted by Crippen LogP contribution is -2.26. The molecule has 0 radical (unpaired) electrons. The van der Waals surface area contributed by atoms with Crippen LogP contribution in [0.15, 0.2) is 10.5 Å². The van der Waals surface area contributed by atoms with E-state index in [2.05, 4.69) is 29.8 Å². The first-order valence-electron chi connectivity index (χ1n) is 7.46. The highest BCUT2D eigenvalue weighted by Crippen LogP contribution is 2.37. The summed E-state index contributed by atoms with van der Waals surface area (Å²) in [5, 5.41) is 10.6. The molecule has 0 saturated heterocycles. The Labute approximate surface area is 142 Å². The Balaban J connectivity index is 3.37. The van der Waals surface area contributed by atoms with Crippen LogP contribution in [0.4, 0.5) is 0 Å². The van der Waals surface area contributed by atoms with Crippen molar-refractivity contribution in [1.29, 1.82) is 0 Å². The van der Waals surface area contributed by atoms with Gasteiger partial charge in [0, 0.05) is 10.0 Å². The lowest BCUT2D eigenvalue weighted by molar-refractivity contribution is 0.0854. The van der Waals surface area contributed by atoms with E-state index in [9.17, 15) is 5.11 Å². The summed E-state index contributed by atoms with van der Waals surface area (Å²) in [5.41, 5.74) is 2.07. The summed E-state index contributed by atoms with van der Waals surface area (Å²) in [6.45, 7) is 10.0. The summed E-state index contributed by atoms with van der Waals surface area (Å²) in [7, 11) is 3.32. The van der Waals surface area contributed by atoms with E-state index in [1.54, 1.807) is 14.2 Å². The van der Waals surface area contributed by atoms with Crippen LogP contribution in [0, 0.1) is 19.8 Å². The maximum atomic E-state index is 10.6. The molecular weight excluding hydrogens is 344 g/mol. The van der Waals surface area contributed by atoms with Gasteiger partial charge in [-0.3, -0.25) is 0 Å². The zero-order valence-corrected chi connectivity index (χ0v) is 16.2. The van der Waals surface area contributed by atoms with Crippen molar-refractivity contribution in [2.24, 2.45) is 5.92 Å². The van der Waals surface area contributed by atoms with E-state index in [4.69, 9.17) is 9.47 Å². The summed E-state index contributed by atoms with van der Waals surface area (Å²) >= 11 is 3.53. The molecule has 0 bridgehead atoms. The molecule has 1 N–H and O–H groups in total. The van der Waals surface area contributed by atoms with Gasteiger partial charge in [0.05, 0.1) is 19.8 Å². The SMILES string of the molecule is COc1cc(/C=C(\Br)[C@](C)(O)CC(C)C)c(OC)c(C)c1C. The molecule has 0 aliphatic carbocycles. The fourth-order valence-electron chi connectivity index (χ4n) is 2.66. The minimum atomic E-state index is -0.912. The molecule has 3 nitrogen and oxygen atoms in total. The van der Waals surface area contributed by atoms with E-state index < -0.39 is 5.60 Å². The molecule has 124 valence electrons. The van der Waals surface area contributed by atoms with E-state index in [0.717, 1.165) is 32.7 Å². The summed E-state index contributed by atoms with van der Waals surface area (Å²) < 4.78 is 11.7. The molecular formula is C18H27BrO3. The van der Waals surface area contributed by atoms with Crippen molar-refractivity contribution in [3.63, 3.8) is 0 Å². The van der Waals surface area contributed by atoms with Crippen molar-refractivity contribution in [2.75, 3.05) is 14.2 Å². The van der Waals surface area contributed by atoms with E-state index in [0.29, 0.717) is 12.3 Å². The number of halogens is 1. The van der Waals surface area contributed by atoms with Gasteiger partial charge in [-0.25, -0.2) is 0 Å². The molecule has 1 atom stereocenters. The Morgan fingerprint density at radius 3 is 2.32 bits per heavy atom. The zero-order chi connectivity index (χ0) is 17.1. The maximum absolute atomic E-state index is 10.6. The third-order valence-electron chi connectivity index (χ3n) is 3.85. The van der Waals surface area contributed by atoms with Crippen LogP contribution in [0.25, 0.3) is 6.08 Å². The van der Waals surface area contributed by atoms with Gasteiger partial charge >= 0.3 is 0 Å². The van der Waals surface area contributed by atoms with Crippen LogP contribution in [0.2, 0.25) is 0 Å². The molecule has 22 heavy (non-hydrogen) atoms. The van der Waals surface area contributed by atoms with Crippen LogP contribution >= 0.6 is 15.9 Å². The van der Waals surface area contributed by atoms with Gasteiger partial charge in [0.25, 0.3) is 0 Å². The van der Waals surface area contributed by atoms with Crippen LogP contribution < -0.4 is 9.47 Å². The fourth-order valence-corrected chi connectivity index (χ4v) is 3.07. The standard InChI is InChI=1S/C18H27BrO3/c1-11(2)10-18(5,20)16(19)9-14-8-15(21-6)12(3)13(4)17(14)22-7/h8-9,11,20H,10H2,1-7H3/b16-9-/t18-/m1/s1. The van der Waals surface area contributed by atoms with Crippen molar-refractivity contribution in [3.05, 3.63) is 27.2 Å². The predicted octanol–water partition coefficient (Wildman–Crippen LogP) is 4.85. The molecule has 1 rings (SSSR count). The molecule has 0 spiro atoms. The molecule has 4 heteroatoms. The summed E-state index contributed by atoms with van der Waals surface area (Å²) in [6.07, 6.45) is 2.59. The van der Waals surface area contributed by atoms with E-state index in [1.165, 1.54) is 0 Å². The Bertz CT molecular complexity index is 560. The van der Waals surface area contributed by atoms with Crippen molar-refractivity contribution in [2.45, 2.75) is 46.6 Å². The molecule has 0 saturated carbocycles. The summed E-state index contributed by atoms with van der Waals surface area (Å²) in [4.78, 5) is 0. The van der Waals surface area contributed by atoms with Crippen LogP contribution in [0.1, 0.15) is 43.9 Å². The summed E-state index contributed by atoms with van der Waals surface area (Å²) in [5.74, 6) is 2.01. The van der Waals surface area contributed by atoms with Gasteiger partial charge in [-0.15, -0.1) is 0 Å². The van der Waals surface area contributed by atoms with Gasteiger partial charge in [0.15, 0.2) is 0 Å². The highest BCUT2D eigenvalue weighted by Gasteiger charge is 2.26. The Morgan fingerprint density at radius 2 is 1.86 bits per heavy atom. The fraction of sp³-hybridized carbons (Fsp3) is 0.556. The van der Waals surface area contributed by atoms with Crippen molar-refractivity contribution < 1.29 is 14.6 Å². The second-order valence-corrected chi connectivity index (χ2v) is 7.17. The molecule has 1 aromatic rings. The summed E-state index contributed by atoms with van der Waals surface area (Å²) in [6, 6.07) is 1.94. The van der Waals surface area contributed by atoms with Gasteiger partial charge in [-0.2, -0.15) is 0 Å². The quantitative estimate of drug-likeness (QED) is 0.777. The highest BCUT2D eigenvalue weighted by molar-refractivity contribution is 9.11. The maximum Gasteiger partial charge on any atom is 0.129 e. The molecule has 0 amide bonds. The smallest absolute Gasteiger partial charge is 0.129 e. The van der Waals surface area contributed by atoms with E-state index in [1.807, 2.05) is 32.9 Å². The average Bonchev–Trinajstić information content (AvgIpc) is 2.41. The monoisotopic (exact) mass is 370 g/mol. The first kappa shape index (κ1) is 19.0. The number of benzene rings is 1. The number of aliphatic hydroxyl groups is 1. The average molecular weight is 371 g/mol. The zero-order valence-electron chi connectivity index (χ0n) is 14.6. The topological polar surface area (TPSA) is 38.7 Å². The molecule has 0 fully saturated rings. The molecule has 1 aromatic carbocycles. The van der Waals surface area contributed by atoms with Crippen LogP contribution in [-0.2, 0) is 0 Å². The third-order valence-corrected chi connectivity index (χ3v) is 4.93. The highest BCUT2D eigenvalue weighted by atomic mass is 79.9. The Hall–Kier alpha value is -1.00. The van der Waals surface area contributed by atoms with Gasteiger partial charge in [0.2, 0.25) is 0 Å². The Morgan fingerprint density at radius 1 is 1.27 bits per heavy atom. The number of ether oxygens (including phenoxy) is 2. The Kier molecular flexibility index (Phi) is 6.50. The van der Waals surface area contributed by atoms with Gasteiger partial charge in [-0.05, 0) is 56.4 Å². The van der Waals surface area contributed by atoms with Crippen LogP contribution in [-0.4, -0.2) is 24.9 Å². The van der Waals surface area contributed by atoms with Gasteiger partial charge in [-0.1, -0.05) is 29.8 Å². The lowest BCUT2D eigenvalue weighted by Gasteiger charge is -2.25. The normalized spacial score (nSPS) is 14.9. The second kappa shape index (κ2) is 7.51. The molecule has 0 aliphatic heterocycles. The number of methoxy groups -OCH3 is 2. The van der Waals surface area contributed by atoms with E-state index >= 15 is 0 Å². The minimum absolute atomic E-state index is 0.395. The van der Waals surface area contributed by atoms with Gasteiger partial charge in [0.1, 0.15) is 11.5 Å². The van der Waals surface area contributed by atoms with Crippen LogP contribution in [0.5, 0.6) is 11.5 Å². The molecule has 0 aliphatic rings. The predicted molar refractivity (Wildman–Crippen MR) is 96.0 cm³/mol. The van der Waals surface area contributed by atoms with Crippen molar-refractivity contribution in [1.82, 2.24) is 0 Å². The first-order chi connectivity index (χ1) is 10.1. The first-order valence-corrected chi connectivity index (χ1v) is 8.25. The molecule has 0 aromatic heterocycles. The van der Waals surface area contributed by atoms with E-state index in [-0.39, 0.29) is 0 Å². The number of hydrogen-bond acceptors (Lipinski definition) is 3. The lowest BCUT2D eigenvalue weighted by atomic mass is 9.92. The minimum Gasteiger partial charge on any atom is -0.496 e. The largest absolute Gasteiger partial charge is 0.496 e. The van der Waals surface area contributed by atoms with Crippen LogP contribution in [0.3, 0.4) is 0 Å². The second-order valence-electron chi connectivity index (χ2n) is 6.32. The number of hydrogen-bond donors (Lipinski definition) is 1. The van der Waals surface area contributed by atoms with Gasteiger partial charge < -0.3 is 14.6 Å². The third kappa shape index (κ3) is 4.26. The van der Waals surface area contributed by atoms with Crippen molar-refractivity contribution in [3.8, 4) is 11.5 Å². The number of rotatable bonds is 6. The molecule has 0 unspecified atom stereocenters. The van der Waals surface area contributed by atoms with Crippen molar-refractivity contribution >= 4 is 22.0 Å².